The molecule has 1 rings (SSSR count). The topological polar surface area (TPSA) is 36.7 Å². The molecule has 1 aromatic rings. The number of nitriles is 1. The molecule has 0 aliphatic heterocycles. The fourth-order valence-corrected chi connectivity index (χ4v) is 1.52. The molecular formula is C10H9IN2. The number of aromatic nitrogens is 1. The van der Waals surface area contributed by atoms with E-state index >= 15 is 0 Å². The van der Waals surface area contributed by atoms with E-state index in [4.69, 9.17) is 5.26 Å². The van der Waals surface area contributed by atoms with Crippen LogP contribution in [0.4, 0.5) is 0 Å². The van der Waals surface area contributed by atoms with Gasteiger partial charge in [-0.25, -0.2) is 4.98 Å². The van der Waals surface area contributed by atoms with Gasteiger partial charge in [-0.3, -0.25) is 0 Å². The Kier molecular flexibility index (Phi) is 3.90. The van der Waals surface area contributed by atoms with E-state index in [0.717, 1.165) is 15.8 Å². The molecule has 0 saturated heterocycles. The number of rotatable bonds is 2. The van der Waals surface area contributed by atoms with E-state index in [0.29, 0.717) is 5.56 Å². The van der Waals surface area contributed by atoms with Crippen molar-refractivity contribution in [1.82, 2.24) is 4.98 Å². The Bertz CT molecular complexity index is 364. The molecule has 0 atom stereocenters. The Morgan fingerprint density at radius 3 is 2.92 bits per heavy atom. The summed E-state index contributed by atoms with van der Waals surface area (Å²) in [6.45, 7) is 1.98. The first-order chi connectivity index (χ1) is 6.27. The van der Waals surface area contributed by atoms with Crippen LogP contribution in [0.25, 0.3) is 0 Å². The second-order valence-electron chi connectivity index (χ2n) is 2.53. The predicted octanol–water partition coefficient (Wildman–Crippen LogP) is 2.68. The van der Waals surface area contributed by atoms with E-state index in [9.17, 15) is 0 Å². The van der Waals surface area contributed by atoms with Crippen molar-refractivity contribution in [2.24, 2.45) is 0 Å². The molecule has 0 unspecified atom stereocenters. The maximum atomic E-state index is 8.68. The van der Waals surface area contributed by atoms with Crippen LogP contribution in [0.2, 0.25) is 0 Å². The van der Waals surface area contributed by atoms with Crippen molar-refractivity contribution in [3.8, 4) is 6.07 Å². The third-order valence-electron chi connectivity index (χ3n) is 1.59. The molecule has 0 radical (unpaired) electrons. The molecule has 0 spiro atoms. The van der Waals surface area contributed by atoms with Gasteiger partial charge in [-0.05, 0) is 41.6 Å². The van der Waals surface area contributed by atoms with Gasteiger partial charge in [0.15, 0.2) is 0 Å². The molecule has 1 aromatic heterocycles. The minimum atomic E-state index is 0.643. The fourth-order valence-electron chi connectivity index (χ4n) is 0.908. The van der Waals surface area contributed by atoms with E-state index in [1.54, 1.807) is 0 Å². The van der Waals surface area contributed by atoms with Gasteiger partial charge in [-0.2, -0.15) is 5.26 Å². The zero-order valence-corrected chi connectivity index (χ0v) is 9.45. The van der Waals surface area contributed by atoms with E-state index in [1.807, 2.05) is 31.2 Å². The molecule has 13 heavy (non-hydrogen) atoms. The number of nitrogens with zero attached hydrogens (tertiary/aromatic N) is 2. The van der Waals surface area contributed by atoms with Crippen molar-refractivity contribution in [3.63, 3.8) is 0 Å². The van der Waals surface area contributed by atoms with E-state index in [2.05, 4.69) is 33.6 Å². The lowest BCUT2D eigenvalue weighted by Gasteiger charge is -1.98. The van der Waals surface area contributed by atoms with Crippen LogP contribution in [-0.2, 0) is 6.42 Å². The predicted molar refractivity (Wildman–Crippen MR) is 60.2 cm³/mol. The highest BCUT2D eigenvalue weighted by molar-refractivity contribution is 14.1. The molecule has 1 heterocycles. The van der Waals surface area contributed by atoms with Crippen LogP contribution in [0.15, 0.2) is 24.3 Å². The largest absolute Gasteiger partial charge is 0.245 e. The van der Waals surface area contributed by atoms with Gasteiger partial charge in [0, 0.05) is 12.1 Å². The summed E-state index contributed by atoms with van der Waals surface area (Å²) in [5.74, 6) is 0. The molecule has 2 nitrogen and oxygen atoms in total. The smallest absolute Gasteiger partial charge is 0.119 e. The number of halogens is 1. The van der Waals surface area contributed by atoms with Crippen LogP contribution in [0.5, 0.6) is 0 Å². The third-order valence-corrected chi connectivity index (χ3v) is 2.41. The highest BCUT2D eigenvalue weighted by Gasteiger charge is 2.00. The zero-order valence-electron chi connectivity index (χ0n) is 7.29. The van der Waals surface area contributed by atoms with Gasteiger partial charge in [-0.1, -0.05) is 12.2 Å². The Morgan fingerprint density at radius 2 is 2.38 bits per heavy atom. The summed E-state index contributed by atoms with van der Waals surface area (Å²) in [5, 5.41) is 8.68. The molecule has 3 heteroatoms. The molecule has 0 amide bonds. The quantitative estimate of drug-likeness (QED) is 0.475. The molecule has 0 N–H and O–H groups in total. The van der Waals surface area contributed by atoms with Gasteiger partial charge >= 0.3 is 0 Å². The SMILES string of the molecule is CC=CCc1ccc(C#N)c(I)n1. The Hall–Kier alpha value is -0.890. The summed E-state index contributed by atoms with van der Waals surface area (Å²) in [6.07, 6.45) is 4.87. The molecule has 0 bridgehead atoms. The Morgan fingerprint density at radius 1 is 1.62 bits per heavy atom. The van der Waals surface area contributed by atoms with Gasteiger partial charge < -0.3 is 0 Å². The maximum Gasteiger partial charge on any atom is 0.119 e. The van der Waals surface area contributed by atoms with E-state index in [1.165, 1.54) is 0 Å². The molecule has 0 fully saturated rings. The summed E-state index contributed by atoms with van der Waals surface area (Å²) >= 11 is 2.08. The average Bonchev–Trinajstić information content (AvgIpc) is 2.15. The third kappa shape index (κ3) is 2.81. The summed E-state index contributed by atoms with van der Waals surface area (Å²) < 4.78 is 0.780. The average molecular weight is 284 g/mol. The fraction of sp³-hybridized carbons (Fsp3) is 0.200. The van der Waals surface area contributed by atoms with E-state index in [-0.39, 0.29) is 0 Å². The molecule has 0 saturated carbocycles. The lowest BCUT2D eigenvalue weighted by atomic mass is 10.2. The van der Waals surface area contributed by atoms with Gasteiger partial charge in [0.1, 0.15) is 9.77 Å². The second-order valence-corrected chi connectivity index (χ2v) is 3.55. The molecule has 0 aliphatic rings. The van der Waals surface area contributed by atoms with Crippen molar-refractivity contribution in [2.75, 3.05) is 0 Å². The minimum Gasteiger partial charge on any atom is -0.245 e. The summed E-state index contributed by atoms with van der Waals surface area (Å²) in [7, 11) is 0. The molecular weight excluding hydrogens is 275 g/mol. The van der Waals surface area contributed by atoms with Gasteiger partial charge in [0.25, 0.3) is 0 Å². The van der Waals surface area contributed by atoms with Crippen molar-refractivity contribution < 1.29 is 0 Å². The highest BCUT2D eigenvalue weighted by atomic mass is 127. The first-order valence-corrected chi connectivity index (χ1v) is 5.02. The number of allylic oxidation sites excluding steroid dienone is 2. The van der Waals surface area contributed by atoms with Crippen molar-refractivity contribution in [3.05, 3.63) is 39.2 Å². The first-order valence-electron chi connectivity index (χ1n) is 3.94. The standard InChI is InChI=1S/C10H9IN2/c1-2-3-4-9-6-5-8(7-12)10(11)13-9/h2-3,5-6H,4H2,1H3. The van der Waals surface area contributed by atoms with Gasteiger partial charge in [0.2, 0.25) is 0 Å². The lowest BCUT2D eigenvalue weighted by Crippen LogP contribution is -1.93. The van der Waals surface area contributed by atoms with Gasteiger partial charge in [-0.15, -0.1) is 0 Å². The van der Waals surface area contributed by atoms with Gasteiger partial charge in [0.05, 0.1) is 5.56 Å². The minimum absolute atomic E-state index is 0.643. The normalized spacial score (nSPS) is 10.2. The Balaban J connectivity index is 2.91. The first kappa shape index (κ1) is 10.2. The summed E-state index contributed by atoms with van der Waals surface area (Å²) in [4.78, 5) is 4.29. The van der Waals surface area contributed by atoms with Crippen LogP contribution in [0.3, 0.4) is 0 Å². The van der Waals surface area contributed by atoms with Crippen molar-refractivity contribution in [1.29, 1.82) is 5.26 Å². The number of pyridine rings is 1. The number of hydrogen-bond acceptors (Lipinski definition) is 2. The Labute approximate surface area is 91.4 Å². The number of hydrogen-bond donors (Lipinski definition) is 0. The van der Waals surface area contributed by atoms with Crippen LogP contribution in [0.1, 0.15) is 18.2 Å². The zero-order chi connectivity index (χ0) is 9.68. The summed E-state index contributed by atoms with van der Waals surface area (Å²) in [5.41, 5.74) is 1.64. The van der Waals surface area contributed by atoms with Crippen LogP contribution < -0.4 is 0 Å². The van der Waals surface area contributed by atoms with Crippen molar-refractivity contribution >= 4 is 22.6 Å². The second kappa shape index (κ2) is 4.97. The van der Waals surface area contributed by atoms with E-state index < -0.39 is 0 Å². The van der Waals surface area contributed by atoms with Crippen LogP contribution in [-0.4, -0.2) is 4.98 Å². The summed E-state index contributed by atoms with van der Waals surface area (Å²) in [6, 6.07) is 5.79. The van der Waals surface area contributed by atoms with Crippen LogP contribution in [0, 0.1) is 15.0 Å². The van der Waals surface area contributed by atoms with Crippen LogP contribution >= 0.6 is 22.6 Å². The highest BCUT2D eigenvalue weighted by Crippen LogP contribution is 2.09. The lowest BCUT2D eigenvalue weighted by molar-refractivity contribution is 1.08. The maximum absolute atomic E-state index is 8.68. The van der Waals surface area contributed by atoms with Crippen molar-refractivity contribution in [2.45, 2.75) is 13.3 Å². The molecule has 66 valence electrons. The molecule has 0 aliphatic carbocycles. The molecule has 0 aromatic carbocycles. The monoisotopic (exact) mass is 284 g/mol.